The molecule has 5 unspecified atom stereocenters. The van der Waals surface area contributed by atoms with Crippen molar-refractivity contribution in [2.45, 2.75) is 62.5 Å². The number of ether oxygens (including phenoxy) is 3. The molecule has 2 aliphatic heterocycles. The van der Waals surface area contributed by atoms with Gasteiger partial charge in [0.2, 0.25) is 0 Å². The van der Waals surface area contributed by atoms with Crippen molar-refractivity contribution < 1.29 is 81.1 Å². The molecular formula is C16H27N2O19P3. The van der Waals surface area contributed by atoms with E-state index in [1.165, 1.54) is 6.92 Å². The fourth-order valence-electron chi connectivity index (χ4n) is 3.79. The average Bonchev–Trinajstić information content (AvgIpc) is 3.20. The van der Waals surface area contributed by atoms with E-state index in [-0.39, 0.29) is 12.0 Å². The lowest BCUT2D eigenvalue weighted by Crippen LogP contribution is -2.60. The number of aryl methyl sites for hydroxylation is 1. The van der Waals surface area contributed by atoms with Crippen molar-refractivity contribution in [3.63, 3.8) is 0 Å². The third kappa shape index (κ3) is 8.43. The molecule has 0 aliphatic carbocycles. The van der Waals surface area contributed by atoms with Crippen LogP contribution < -0.4 is 11.2 Å². The molecule has 2 aliphatic rings. The van der Waals surface area contributed by atoms with Crippen molar-refractivity contribution in [3.05, 3.63) is 32.6 Å². The van der Waals surface area contributed by atoms with Gasteiger partial charge in [-0.2, -0.15) is 8.62 Å². The minimum Gasteiger partial charge on any atom is -0.394 e. The highest BCUT2D eigenvalue weighted by Crippen LogP contribution is 2.66. The first-order valence-electron chi connectivity index (χ1n) is 11.0. The van der Waals surface area contributed by atoms with E-state index in [9.17, 15) is 53.5 Å². The minimum atomic E-state index is -5.83. The Morgan fingerprint density at radius 3 is 2.23 bits per heavy atom. The van der Waals surface area contributed by atoms with Gasteiger partial charge in [0, 0.05) is 18.2 Å². The van der Waals surface area contributed by atoms with Crippen LogP contribution in [0.5, 0.6) is 0 Å². The fourth-order valence-corrected chi connectivity index (χ4v) is 6.82. The van der Waals surface area contributed by atoms with Crippen LogP contribution in [0.2, 0.25) is 0 Å². The quantitative estimate of drug-likeness (QED) is 0.106. The van der Waals surface area contributed by atoms with Gasteiger partial charge >= 0.3 is 29.2 Å². The van der Waals surface area contributed by atoms with Crippen molar-refractivity contribution in [3.8, 4) is 0 Å². The second-order valence-electron chi connectivity index (χ2n) is 8.60. The zero-order chi connectivity index (χ0) is 30.2. The first-order valence-corrected chi connectivity index (χ1v) is 15.6. The Bertz CT molecular complexity index is 1310. The molecule has 40 heavy (non-hydrogen) atoms. The van der Waals surface area contributed by atoms with E-state index >= 15 is 0 Å². The van der Waals surface area contributed by atoms with Gasteiger partial charge in [-0.3, -0.25) is 18.9 Å². The number of hydrogen-bond donors (Lipinski definition) is 9. The van der Waals surface area contributed by atoms with Crippen molar-refractivity contribution in [2.75, 3.05) is 13.2 Å². The van der Waals surface area contributed by atoms with Crippen LogP contribution in [0.25, 0.3) is 0 Å². The molecule has 0 aromatic carbocycles. The molecule has 3 rings (SSSR count). The highest BCUT2D eigenvalue weighted by atomic mass is 31.3. The molecule has 0 radical (unpaired) electrons. The number of aliphatic hydroxyl groups is 4. The highest BCUT2D eigenvalue weighted by molar-refractivity contribution is 7.66. The standard InChI is InChI=1S/C16H27N2O19P3/c1-6-3-18(16(24)17-14(6)23)10-2-7(34-15-13(22)12(21)11(20)8(4-19)35-15)9(33-10)5-32-39(28,29)37-40(30,31)36-38(25,26)27/h3,7-13,15,19-22H,2,4-5H2,1H3,(H,28,29)(H,30,31)(H,17,23,24)(H2,25,26,27)/t7?,8?,9-,10-,11-,12+,13?,15-/m1/s1. The first-order chi connectivity index (χ1) is 18.3. The number of nitrogens with zero attached hydrogens (tertiary/aromatic N) is 1. The number of aromatic nitrogens is 2. The zero-order valence-corrected chi connectivity index (χ0v) is 22.9. The molecule has 2 fully saturated rings. The Kier molecular flexibility index (Phi) is 10.5. The number of H-pyrrole nitrogens is 1. The molecule has 24 heteroatoms. The van der Waals surface area contributed by atoms with Crippen LogP contribution in [-0.2, 0) is 41.1 Å². The van der Waals surface area contributed by atoms with E-state index < -0.39 is 97.1 Å². The Balaban J connectivity index is 1.82. The zero-order valence-electron chi connectivity index (χ0n) is 20.2. The van der Waals surface area contributed by atoms with Gasteiger partial charge in [0.05, 0.1) is 19.3 Å². The molecule has 0 spiro atoms. The van der Waals surface area contributed by atoms with E-state index in [0.29, 0.717) is 0 Å². The summed E-state index contributed by atoms with van der Waals surface area (Å²) in [7, 11) is -17.1. The maximum atomic E-state index is 12.3. The molecule has 1 aromatic rings. The minimum absolute atomic E-state index is 0.0892. The van der Waals surface area contributed by atoms with Crippen LogP contribution in [-0.4, -0.2) is 106 Å². The van der Waals surface area contributed by atoms with Gasteiger partial charge in [-0.05, 0) is 6.92 Å². The molecular weight excluding hydrogens is 617 g/mol. The summed E-state index contributed by atoms with van der Waals surface area (Å²) in [5.41, 5.74) is -1.54. The summed E-state index contributed by atoms with van der Waals surface area (Å²) in [6, 6.07) is 0. The topological polar surface area (TPSA) is 323 Å². The van der Waals surface area contributed by atoms with Gasteiger partial charge in [-0.25, -0.2) is 18.5 Å². The van der Waals surface area contributed by atoms with E-state index in [1.807, 2.05) is 4.98 Å². The summed E-state index contributed by atoms with van der Waals surface area (Å²) in [5.74, 6) is 0. The largest absolute Gasteiger partial charge is 0.490 e. The number of aliphatic hydroxyl groups excluding tert-OH is 4. The van der Waals surface area contributed by atoms with Crippen LogP contribution >= 0.6 is 23.5 Å². The van der Waals surface area contributed by atoms with Crippen LogP contribution in [0, 0.1) is 6.92 Å². The summed E-state index contributed by atoms with van der Waals surface area (Å²) in [6.45, 7) is -0.450. The Labute approximate surface area is 222 Å². The van der Waals surface area contributed by atoms with Crippen LogP contribution in [0.4, 0.5) is 0 Å². The Hall–Kier alpha value is -1.19. The lowest BCUT2D eigenvalue weighted by molar-refractivity contribution is -0.314. The van der Waals surface area contributed by atoms with E-state index in [1.54, 1.807) is 0 Å². The fraction of sp³-hybridized carbons (Fsp3) is 0.750. The Morgan fingerprint density at radius 2 is 1.62 bits per heavy atom. The van der Waals surface area contributed by atoms with Gasteiger partial charge in [0.25, 0.3) is 5.56 Å². The number of hydrogen-bond acceptors (Lipinski definition) is 15. The number of phosphoric ester groups is 1. The van der Waals surface area contributed by atoms with Gasteiger partial charge in [0.15, 0.2) is 6.29 Å². The predicted octanol–water partition coefficient (Wildman–Crippen LogP) is -3.34. The van der Waals surface area contributed by atoms with Gasteiger partial charge in [-0.1, -0.05) is 0 Å². The monoisotopic (exact) mass is 644 g/mol. The molecule has 0 saturated carbocycles. The predicted molar refractivity (Wildman–Crippen MR) is 123 cm³/mol. The van der Waals surface area contributed by atoms with E-state index in [4.69, 9.17) is 24.0 Å². The summed E-state index contributed by atoms with van der Waals surface area (Å²) in [6.07, 6.45) is -11.8. The molecule has 10 atom stereocenters. The second-order valence-corrected chi connectivity index (χ2v) is 13.0. The second kappa shape index (κ2) is 12.6. The molecule has 1 aromatic heterocycles. The third-order valence-electron chi connectivity index (χ3n) is 5.61. The highest BCUT2D eigenvalue weighted by Gasteiger charge is 2.48. The molecule has 0 bridgehead atoms. The van der Waals surface area contributed by atoms with Gasteiger partial charge < -0.3 is 54.2 Å². The summed E-state index contributed by atoms with van der Waals surface area (Å²) in [4.78, 5) is 62.5. The third-order valence-corrected chi connectivity index (χ3v) is 9.41. The Morgan fingerprint density at radius 1 is 0.975 bits per heavy atom. The van der Waals surface area contributed by atoms with Gasteiger partial charge in [-0.15, -0.1) is 0 Å². The molecule has 230 valence electrons. The number of phosphoric acid groups is 3. The molecule has 3 heterocycles. The maximum absolute atomic E-state index is 12.3. The maximum Gasteiger partial charge on any atom is 0.490 e. The SMILES string of the molecule is Cc1cn([C@H]2CC(O[C@@H]3OC(CO)[C@@H](O)[C@H](O)C3O)[C@@H](COP(=O)(O)OP(=O)(O)OP(=O)(O)O)O2)c(=O)[nH]c1=O. The molecule has 0 amide bonds. The van der Waals surface area contributed by atoms with Crippen LogP contribution in [0.15, 0.2) is 15.8 Å². The van der Waals surface area contributed by atoms with Crippen molar-refractivity contribution in [2.24, 2.45) is 0 Å². The lowest BCUT2D eigenvalue weighted by Gasteiger charge is -2.40. The summed E-state index contributed by atoms with van der Waals surface area (Å²) >= 11 is 0. The van der Waals surface area contributed by atoms with Crippen molar-refractivity contribution >= 4 is 23.5 Å². The summed E-state index contributed by atoms with van der Waals surface area (Å²) < 4.78 is 63.8. The van der Waals surface area contributed by atoms with Gasteiger partial charge in [0.1, 0.15) is 36.7 Å². The number of aromatic amines is 1. The number of nitrogens with one attached hydrogen (secondary N) is 1. The van der Waals surface area contributed by atoms with Crippen molar-refractivity contribution in [1.82, 2.24) is 9.55 Å². The van der Waals surface area contributed by atoms with Crippen LogP contribution in [0.1, 0.15) is 18.2 Å². The molecule has 9 N–H and O–H groups in total. The van der Waals surface area contributed by atoms with Crippen LogP contribution in [0.3, 0.4) is 0 Å². The van der Waals surface area contributed by atoms with E-state index in [0.717, 1.165) is 10.8 Å². The molecule has 2 saturated heterocycles. The average molecular weight is 644 g/mol. The lowest BCUT2D eigenvalue weighted by atomic mass is 9.99. The smallest absolute Gasteiger partial charge is 0.394 e. The first kappa shape index (κ1) is 33.3. The van der Waals surface area contributed by atoms with E-state index in [2.05, 4.69) is 13.1 Å². The number of rotatable bonds is 11. The van der Waals surface area contributed by atoms with Crippen molar-refractivity contribution in [1.29, 1.82) is 0 Å². The summed E-state index contributed by atoms with van der Waals surface area (Å²) in [5, 5.41) is 39.7. The molecule has 21 nitrogen and oxygen atoms in total. The normalized spacial score (nSPS) is 34.3.